The molecule has 4 amide bonds. The van der Waals surface area contributed by atoms with Gasteiger partial charge in [0.1, 0.15) is 17.6 Å². The number of anilines is 2. The van der Waals surface area contributed by atoms with Crippen molar-refractivity contribution in [3.05, 3.63) is 89.2 Å². The molecule has 9 heteroatoms. The van der Waals surface area contributed by atoms with E-state index in [9.17, 15) is 18.8 Å². The van der Waals surface area contributed by atoms with E-state index in [-0.39, 0.29) is 13.0 Å². The zero-order valence-corrected chi connectivity index (χ0v) is 19.0. The second-order valence-corrected chi connectivity index (χ2v) is 8.12. The summed E-state index contributed by atoms with van der Waals surface area (Å²) in [7, 11) is 1.48. The van der Waals surface area contributed by atoms with Gasteiger partial charge in [-0.1, -0.05) is 29.8 Å². The normalized spacial score (nSPS) is 15.6. The van der Waals surface area contributed by atoms with E-state index in [0.717, 1.165) is 4.90 Å². The molecule has 1 aliphatic heterocycles. The zero-order chi connectivity index (χ0) is 24.2. The van der Waals surface area contributed by atoms with Crippen molar-refractivity contribution >= 4 is 40.8 Å². The van der Waals surface area contributed by atoms with Gasteiger partial charge >= 0.3 is 6.03 Å². The Kier molecular flexibility index (Phi) is 6.79. The van der Waals surface area contributed by atoms with E-state index in [2.05, 4.69) is 5.32 Å². The van der Waals surface area contributed by atoms with E-state index in [4.69, 9.17) is 16.3 Å². The number of hydrogen-bond acceptors (Lipinski definition) is 4. The Morgan fingerprint density at radius 3 is 2.44 bits per heavy atom. The Morgan fingerprint density at radius 1 is 1.06 bits per heavy atom. The van der Waals surface area contributed by atoms with E-state index in [1.54, 1.807) is 48.5 Å². The van der Waals surface area contributed by atoms with Crippen LogP contribution in [0.5, 0.6) is 5.75 Å². The standard InChI is InChI=1S/C25H21ClFN3O4/c1-34-21-4-2-3-20(13-21)30-24(32)22(14-23(31)28-19-11-7-17(26)8-12-19)29(25(30)33)15-16-5-9-18(27)10-6-16/h2-13,22H,14-15H2,1H3,(H,28,31). The number of urea groups is 1. The molecule has 1 unspecified atom stereocenters. The Balaban J connectivity index is 1.61. The molecule has 34 heavy (non-hydrogen) atoms. The topological polar surface area (TPSA) is 79.0 Å². The van der Waals surface area contributed by atoms with Crippen molar-refractivity contribution in [3.8, 4) is 5.75 Å². The lowest BCUT2D eigenvalue weighted by Gasteiger charge is -2.21. The van der Waals surface area contributed by atoms with Crippen molar-refractivity contribution in [2.75, 3.05) is 17.3 Å². The van der Waals surface area contributed by atoms with Crippen LogP contribution in [0.4, 0.5) is 20.6 Å². The number of carbonyl (C=O) groups is 3. The fourth-order valence-electron chi connectivity index (χ4n) is 3.71. The number of halogens is 2. The lowest BCUT2D eigenvalue weighted by atomic mass is 10.1. The quantitative estimate of drug-likeness (QED) is 0.489. The van der Waals surface area contributed by atoms with Gasteiger partial charge in [0.2, 0.25) is 5.91 Å². The average molecular weight is 482 g/mol. The van der Waals surface area contributed by atoms with Crippen molar-refractivity contribution < 1.29 is 23.5 Å². The smallest absolute Gasteiger partial charge is 0.332 e. The van der Waals surface area contributed by atoms with Crippen LogP contribution in [-0.4, -0.2) is 35.9 Å². The molecule has 3 aromatic rings. The third kappa shape index (κ3) is 5.02. The number of carbonyl (C=O) groups excluding carboxylic acids is 3. The molecule has 1 fully saturated rings. The molecule has 0 aliphatic carbocycles. The van der Waals surface area contributed by atoms with E-state index in [1.165, 1.54) is 36.3 Å². The molecule has 0 aromatic heterocycles. The molecule has 1 heterocycles. The summed E-state index contributed by atoms with van der Waals surface area (Å²) in [5.74, 6) is -0.909. The average Bonchev–Trinajstić information content (AvgIpc) is 3.05. The number of methoxy groups -OCH3 is 1. The van der Waals surface area contributed by atoms with Gasteiger partial charge in [0.25, 0.3) is 5.91 Å². The highest BCUT2D eigenvalue weighted by atomic mass is 35.5. The van der Waals surface area contributed by atoms with E-state index < -0.39 is 29.7 Å². The molecule has 174 valence electrons. The fraction of sp³-hybridized carbons (Fsp3) is 0.160. The molecule has 0 spiro atoms. The van der Waals surface area contributed by atoms with Crippen molar-refractivity contribution in [1.82, 2.24) is 4.90 Å². The maximum atomic E-state index is 13.4. The Labute approximate surface area is 200 Å². The molecule has 4 rings (SSSR count). The molecular weight excluding hydrogens is 461 g/mol. The summed E-state index contributed by atoms with van der Waals surface area (Å²) in [5, 5.41) is 3.24. The van der Waals surface area contributed by atoms with Crippen LogP contribution in [0.1, 0.15) is 12.0 Å². The van der Waals surface area contributed by atoms with Gasteiger partial charge in [-0.25, -0.2) is 14.1 Å². The van der Waals surface area contributed by atoms with E-state index in [1.807, 2.05) is 0 Å². The van der Waals surface area contributed by atoms with Crippen LogP contribution in [0.3, 0.4) is 0 Å². The number of hydrogen-bond donors (Lipinski definition) is 1. The van der Waals surface area contributed by atoms with Crippen LogP contribution in [0.25, 0.3) is 0 Å². The van der Waals surface area contributed by atoms with Crippen molar-refractivity contribution in [1.29, 1.82) is 0 Å². The number of imide groups is 1. The predicted octanol–water partition coefficient (Wildman–Crippen LogP) is 4.85. The summed E-state index contributed by atoms with van der Waals surface area (Å²) in [5.41, 5.74) is 1.47. The number of rotatable bonds is 7. The van der Waals surface area contributed by atoms with E-state index >= 15 is 0 Å². The van der Waals surface area contributed by atoms with Gasteiger partial charge < -0.3 is 15.0 Å². The highest BCUT2D eigenvalue weighted by molar-refractivity contribution is 6.30. The lowest BCUT2D eigenvalue weighted by molar-refractivity contribution is -0.124. The first-order chi connectivity index (χ1) is 16.4. The van der Waals surface area contributed by atoms with Gasteiger partial charge in [-0.3, -0.25) is 9.59 Å². The number of ether oxygens (including phenoxy) is 1. The van der Waals surface area contributed by atoms with Crippen LogP contribution in [0, 0.1) is 5.82 Å². The minimum Gasteiger partial charge on any atom is -0.497 e. The van der Waals surface area contributed by atoms with E-state index in [0.29, 0.717) is 27.7 Å². The molecular formula is C25H21ClFN3O4. The van der Waals surface area contributed by atoms with Gasteiger partial charge in [-0.15, -0.1) is 0 Å². The molecule has 0 bridgehead atoms. The van der Waals surface area contributed by atoms with Gasteiger partial charge in [0.05, 0.1) is 19.2 Å². The fourth-order valence-corrected chi connectivity index (χ4v) is 3.83. The molecule has 7 nitrogen and oxygen atoms in total. The monoisotopic (exact) mass is 481 g/mol. The number of nitrogens with zero attached hydrogens (tertiary/aromatic N) is 2. The van der Waals surface area contributed by atoms with Gasteiger partial charge in [0, 0.05) is 23.3 Å². The Morgan fingerprint density at radius 2 is 1.76 bits per heavy atom. The first-order valence-corrected chi connectivity index (χ1v) is 10.8. The molecule has 3 aromatic carbocycles. The minimum absolute atomic E-state index is 0.0320. The van der Waals surface area contributed by atoms with Gasteiger partial charge in [-0.05, 0) is 54.1 Å². The SMILES string of the molecule is COc1cccc(N2C(=O)C(CC(=O)Nc3ccc(Cl)cc3)N(Cc3ccc(F)cc3)C2=O)c1. The minimum atomic E-state index is -1.05. The maximum Gasteiger partial charge on any atom is 0.332 e. The van der Waals surface area contributed by atoms with Crippen LogP contribution >= 0.6 is 11.6 Å². The third-order valence-corrected chi connectivity index (χ3v) is 5.66. The summed E-state index contributed by atoms with van der Waals surface area (Å²) in [6, 6.07) is 17.1. The second-order valence-electron chi connectivity index (χ2n) is 7.69. The second kappa shape index (κ2) is 9.93. The summed E-state index contributed by atoms with van der Waals surface area (Å²) in [6.07, 6.45) is -0.255. The molecule has 1 aliphatic rings. The zero-order valence-electron chi connectivity index (χ0n) is 18.2. The third-order valence-electron chi connectivity index (χ3n) is 5.40. The Bertz CT molecular complexity index is 1220. The van der Waals surface area contributed by atoms with Crippen LogP contribution in [0.15, 0.2) is 72.8 Å². The lowest BCUT2D eigenvalue weighted by Crippen LogP contribution is -2.37. The predicted molar refractivity (Wildman–Crippen MR) is 126 cm³/mol. The highest BCUT2D eigenvalue weighted by Crippen LogP contribution is 2.30. The first kappa shape index (κ1) is 23.3. The van der Waals surface area contributed by atoms with Crippen molar-refractivity contribution in [2.45, 2.75) is 19.0 Å². The number of nitrogens with one attached hydrogen (secondary N) is 1. The maximum absolute atomic E-state index is 13.4. The van der Waals surface area contributed by atoms with Crippen molar-refractivity contribution in [2.24, 2.45) is 0 Å². The summed E-state index contributed by atoms with van der Waals surface area (Å²) >= 11 is 5.88. The Hall–Kier alpha value is -3.91. The molecule has 0 saturated carbocycles. The van der Waals surface area contributed by atoms with Gasteiger partial charge in [0.15, 0.2) is 0 Å². The summed E-state index contributed by atoms with van der Waals surface area (Å²) in [6.45, 7) is 0.0320. The number of benzene rings is 3. The summed E-state index contributed by atoms with van der Waals surface area (Å²) in [4.78, 5) is 41.8. The number of amides is 4. The molecule has 1 N–H and O–H groups in total. The van der Waals surface area contributed by atoms with Gasteiger partial charge in [-0.2, -0.15) is 0 Å². The van der Waals surface area contributed by atoms with Crippen LogP contribution in [0.2, 0.25) is 5.02 Å². The molecule has 1 atom stereocenters. The molecule has 1 saturated heterocycles. The van der Waals surface area contributed by atoms with Crippen LogP contribution < -0.4 is 15.0 Å². The first-order valence-electron chi connectivity index (χ1n) is 10.4. The van der Waals surface area contributed by atoms with Crippen molar-refractivity contribution in [3.63, 3.8) is 0 Å². The molecule has 0 radical (unpaired) electrons. The van der Waals surface area contributed by atoms with Crippen LogP contribution in [-0.2, 0) is 16.1 Å². The largest absolute Gasteiger partial charge is 0.497 e. The highest BCUT2D eigenvalue weighted by Gasteiger charge is 2.46. The summed E-state index contributed by atoms with van der Waals surface area (Å²) < 4.78 is 18.6.